The molecule has 1 heterocycles. The number of nitrogens with one attached hydrogen (secondary N) is 2. The molecule has 0 spiro atoms. The molecular formula is C16H30IN5. The Morgan fingerprint density at radius 1 is 1.23 bits per heavy atom. The zero-order chi connectivity index (χ0) is 15.1. The highest BCUT2D eigenvalue weighted by Crippen LogP contribution is 2.27. The molecule has 2 N–H and O–H groups in total. The monoisotopic (exact) mass is 419 g/mol. The van der Waals surface area contributed by atoms with Gasteiger partial charge in [-0.3, -0.25) is 9.89 Å². The van der Waals surface area contributed by atoms with Crippen LogP contribution in [0.5, 0.6) is 0 Å². The van der Waals surface area contributed by atoms with E-state index in [1.807, 2.05) is 19.2 Å². The van der Waals surface area contributed by atoms with Crippen molar-refractivity contribution in [3.8, 4) is 0 Å². The molecule has 0 atom stereocenters. The van der Waals surface area contributed by atoms with Gasteiger partial charge < -0.3 is 15.2 Å². The van der Waals surface area contributed by atoms with Gasteiger partial charge in [0.2, 0.25) is 0 Å². The van der Waals surface area contributed by atoms with Crippen LogP contribution in [0.3, 0.4) is 0 Å². The van der Waals surface area contributed by atoms with E-state index in [-0.39, 0.29) is 24.0 Å². The van der Waals surface area contributed by atoms with Gasteiger partial charge in [0.1, 0.15) is 0 Å². The van der Waals surface area contributed by atoms with Gasteiger partial charge in [0.05, 0.1) is 0 Å². The maximum Gasteiger partial charge on any atom is 0.191 e. The van der Waals surface area contributed by atoms with Gasteiger partial charge >= 0.3 is 0 Å². The first-order valence-corrected chi connectivity index (χ1v) is 8.01. The summed E-state index contributed by atoms with van der Waals surface area (Å²) in [7, 11) is 1.83. The minimum Gasteiger partial charge on any atom is -0.355 e. The molecule has 1 saturated carbocycles. The summed E-state index contributed by atoms with van der Waals surface area (Å²) in [5, 5.41) is 6.76. The summed E-state index contributed by atoms with van der Waals surface area (Å²) < 4.78 is 2.16. The summed E-state index contributed by atoms with van der Waals surface area (Å²) in [4.78, 5) is 6.86. The zero-order valence-corrected chi connectivity index (χ0v) is 16.3. The summed E-state index contributed by atoms with van der Waals surface area (Å²) in [6, 6.07) is 5.54. The number of guanidine groups is 1. The number of aliphatic imine (C=N–C) groups is 1. The lowest BCUT2D eigenvalue weighted by Gasteiger charge is -2.26. The summed E-state index contributed by atoms with van der Waals surface area (Å²) in [6.45, 7) is 8.42. The molecule has 1 aromatic heterocycles. The van der Waals surface area contributed by atoms with Crippen molar-refractivity contribution in [3.63, 3.8) is 0 Å². The summed E-state index contributed by atoms with van der Waals surface area (Å²) in [6.07, 6.45) is 6.88. The minimum absolute atomic E-state index is 0. The fourth-order valence-corrected chi connectivity index (χ4v) is 2.62. The van der Waals surface area contributed by atoms with Gasteiger partial charge in [-0.25, -0.2) is 0 Å². The standard InChI is InChI=1S/C16H29N5.HI/c1-14(2)21(15-6-7-15)13-9-19-16(17-3)18-8-12-20-10-4-5-11-20;/h4-5,10-11,14-15H,6-9,12-13H2,1-3H3,(H2,17,18,19);1H. The Balaban J connectivity index is 0.00000242. The molecule has 0 bridgehead atoms. The average molecular weight is 419 g/mol. The lowest BCUT2D eigenvalue weighted by Crippen LogP contribution is -2.44. The molecule has 1 fully saturated rings. The second kappa shape index (κ2) is 10.1. The number of hydrogen-bond donors (Lipinski definition) is 2. The van der Waals surface area contributed by atoms with Crippen LogP contribution in [0.15, 0.2) is 29.5 Å². The van der Waals surface area contributed by atoms with Gasteiger partial charge in [-0.1, -0.05) is 0 Å². The van der Waals surface area contributed by atoms with Gasteiger partial charge in [-0.05, 0) is 38.8 Å². The van der Waals surface area contributed by atoms with Crippen molar-refractivity contribution in [2.24, 2.45) is 4.99 Å². The molecule has 0 aliphatic heterocycles. The second-order valence-corrected chi connectivity index (χ2v) is 5.91. The molecule has 0 aromatic carbocycles. The average Bonchev–Trinajstić information content (AvgIpc) is 3.17. The van der Waals surface area contributed by atoms with E-state index in [4.69, 9.17) is 0 Å². The van der Waals surface area contributed by atoms with Crippen LogP contribution < -0.4 is 10.6 Å². The number of hydrogen-bond acceptors (Lipinski definition) is 2. The fraction of sp³-hybridized carbons (Fsp3) is 0.688. The molecule has 1 aliphatic carbocycles. The summed E-state index contributed by atoms with van der Waals surface area (Å²) in [5.41, 5.74) is 0. The molecule has 0 unspecified atom stereocenters. The third kappa shape index (κ3) is 6.56. The van der Waals surface area contributed by atoms with Crippen LogP contribution >= 0.6 is 24.0 Å². The lowest BCUT2D eigenvalue weighted by atomic mass is 10.3. The molecule has 6 heteroatoms. The van der Waals surface area contributed by atoms with Crippen LogP contribution in [0.25, 0.3) is 0 Å². The van der Waals surface area contributed by atoms with E-state index >= 15 is 0 Å². The van der Waals surface area contributed by atoms with Crippen molar-refractivity contribution in [3.05, 3.63) is 24.5 Å². The third-order valence-electron chi connectivity index (χ3n) is 3.89. The van der Waals surface area contributed by atoms with Gasteiger partial charge in [0.25, 0.3) is 0 Å². The van der Waals surface area contributed by atoms with Crippen LogP contribution in [-0.4, -0.2) is 54.2 Å². The van der Waals surface area contributed by atoms with Crippen molar-refractivity contribution in [1.29, 1.82) is 0 Å². The zero-order valence-electron chi connectivity index (χ0n) is 14.0. The lowest BCUT2D eigenvalue weighted by molar-refractivity contribution is 0.215. The van der Waals surface area contributed by atoms with Crippen LogP contribution in [0.2, 0.25) is 0 Å². The van der Waals surface area contributed by atoms with Gasteiger partial charge in [-0.15, -0.1) is 24.0 Å². The molecule has 5 nitrogen and oxygen atoms in total. The fourth-order valence-electron chi connectivity index (χ4n) is 2.62. The van der Waals surface area contributed by atoms with E-state index in [1.54, 1.807) is 0 Å². The molecule has 2 rings (SSSR count). The van der Waals surface area contributed by atoms with Crippen molar-refractivity contribution >= 4 is 29.9 Å². The van der Waals surface area contributed by atoms with E-state index in [1.165, 1.54) is 12.8 Å². The SMILES string of the molecule is CN=C(NCCN(C(C)C)C1CC1)NCCn1cccc1.I. The Hall–Kier alpha value is -0.760. The first-order chi connectivity index (χ1) is 10.2. The Kier molecular flexibility index (Phi) is 8.85. The van der Waals surface area contributed by atoms with Crippen LogP contribution in [-0.2, 0) is 6.54 Å². The van der Waals surface area contributed by atoms with Crippen LogP contribution in [0, 0.1) is 0 Å². The van der Waals surface area contributed by atoms with Gasteiger partial charge in [0.15, 0.2) is 5.96 Å². The highest BCUT2D eigenvalue weighted by Gasteiger charge is 2.29. The molecule has 0 amide bonds. The Bertz CT molecular complexity index is 424. The summed E-state index contributed by atoms with van der Waals surface area (Å²) >= 11 is 0. The second-order valence-electron chi connectivity index (χ2n) is 5.91. The van der Waals surface area contributed by atoms with E-state index in [0.29, 0.717) is 6.04 Å². The highest BCUT2D eigenvalue weighted by atomic mass is 127. The predicted octanol–water partition coefficient (Wildman–Crippen LogP) is 2.14. The number of nitrogens with zero attached hydrogens (tertiary/aromatic N) is 3. The van der Waals surface area contributed by atoms with Crippen molar-refractivity contribution in [2.45, 2.75) is 45.3 Å². The topological polar surface area (TPSA) is 44.6 Å². The number of rotatable bonds is 8. The molecule has 22 heavy (non-hydrogen) atoms. The van der Waals surface area contributed by atoms with Crippen LogP contribution in [0.1, 0.15) is 26.7 Å². The molecule has 1 aromatic rings. The maximum atomic E-state index is 4.28. The van der Waals surface area contributed by atoms with Gasteiger partial charge in [0, 0.05) is 57.7 Å². The molecule has 0 radical (unpaired) electrons. The predicted molar refractivity (Wildman–Crippen MR) is 104 cm³/mol. The first kappa shape index (κ1) is 19.3. The van der Waals surface area contributed by atoms with E-state index in [0.717, 1.165) is 38.2 Å². The Labute approximate surface area is 151 Å². The molecule has 126 valence electrons. The molecule has 0 saturated heterocycles. The first-order valence-electron chi connectivity index (χ1n) is 8.01. The largest absolute Gasteiger partial charge is 0.355 e. The maximum absolute atomic E-state index is 4.28. The Morgan fingerprint density at radius 2 is 1.86 bits per heavy atom. The molecule has 1 aliphatic rings. The van der Waals surface area contributed by atoms with Crippen LogP contribution in [0.4, 0.5) is 0 Å². The normalized spacial score (nSPS) is 15.0. The van der Waals surface area contributed by atoms with Crippen molar-refractivity contribution < 1.29 is 0 Å². The number of halogens is 1. The van der Waals surface area contributed by atoms with E-state index < -0.39 is 0 Å². The summed E-state index contributed by atoms with van der Waals surface area (Å²) in [5.74, 6) is 0.890. The van der Waals surface area contributed by atoms with Crippen molar-refractivity contribution in [2.75, 3.05) is 26.7 Å². The smallest absolute Gasteiger partial charge is 0.191 e. The van der Waals surface area contributed by atoms with E-state index in [9.17, 15) is 0 Å². The van der Waals surface area contributed by atoms with Crippen molar-refractivity contribution in [1.82, 2.24) is 20.1 Å². The quantitative estimate of drug-likeness (QED) is 0.386. The van der Waals surface area contributed by atoms with E-state index in [2.05, 4.69) is 51.3 Å². The van der Waals surface area contributed by atoms with Gasteiger partial charge in [-0.2, -0.15) is 0 Å². The molecular weight excluding hydrogens is 389 g/mol. The number of aromatic nitrogens is 1. The third-order valence-corrected chi connectivity index (χ3v) is 3.89. The minimum atomic E-state index is 0. The highest BCUT2D eigenvalue weighted by molar-refractivity contribution is 14.0. The Morgan fingerprint density at radius 3 is 2.41 bits per heavy atom.